The molecule has 0 atom stereocenters. The van der Waals surface area contributed by atoms with Crippen LogP contribution in [0.3, 0.4) is 0 Å². The molecular formula is C20H26N2O3S. The Labute approximate surface area is 156 Å². The van der Waals surface area contributed by atoms with Gasteiger partial charge in [-0.3, -0.25) is 4.72 Å². The summed E-state index contributed by atoms with van der Waals surface area (Å²) in [5.74, 6) is 1.18. The summed E-state index contributed by atoms with van der Waals surface area (Å²) in [4.78, 5) is 2.67. The highest BCUT2D eigenvalue weighted by molar-refractivity contribution is 7.92. The molecule has 1 fully saturated rings. The lowest BCUT2D eigenvalue weighted by Crippen LogP contribution is -2.45. The number of ether oxygens (including phenoxy) is 1. The van der Waals surface area contributed by atoms with Crippen LogP contribution in [0.4, 0.5) is 5.69 Å². The molecule has 1 N–H and O–H groups in total. The number of hydrogen-bond donors (Lipinski definition) is 1. The smallest absolute Gasteiger partial charge is 0.261 e. The maximum absolute atomic E-state index is 12.6. The largest absolute Gasteiger partial charge is 0.496 e. The standard InChI is InChI=1S/C20H26N2O3S/c1-4-10-22-13-16(14-22)19-9-8-17(12-20(19)25-3)21-26(23,24)18-7-5-6-15(2)11-18/h5-9,11-12,16,21H,4,10,13-14H2,1-3H3. The molecule has 0 aromatic heterocycles. The normalized spacial score (nSPS) is 15.5. The first-order valence-electron chi connectivity index (χ1n) is 8.92. The summed E-state index contributed by atoms with van der Waals surface area (Å²) in [7, 11) is -1.99. The minimum absolute atomic E-state index is 0.259. The number of nitrogens with zero attached hydrogens (tertiary/aromatic N) is 1. The second-order valence-corrected chi connectivity index (χ2v) is 8.52. The van der Waals surface area contributed by atoms with Crippen LogP contribution >= 0.6 is 0 Å². The number of benzene rings is 2. The molecule has 0 saturated carbocycles. The van der Waals surface area contributed by atoms with Crippen LogP contribution in [-0.2, 0) is 10.0 Å². The minimum Gasteiger partial charge on any atom is -0.496 e. The Bertz CT molecular complexity index is 874. The zero-order valence-corrected chi connectivity index (χ0v) is 16.3. The summed E-state index contributed by atoms with van der Waals surface area (Å²) >= 11 is 0. The van der Waals surface area contributed by atoms with E-state index in [0.29, 0.717) is 11.6 Å². The average molecular weight is 375 g/mol. The Morgan fingerprint density at radius 3 is 2.62 bits per heavy atom. The predicted octanol–water partition coefficient (Wildman–Crippen LogP) is 3.61. The molecule has 140 valence electrons. The number of aryl methyl sites for hydroxylation is 1. The van der Waals surface area contributed by atoms with E-state index in [2.05, 4.69) is 16.5 Å². The summed E-state index contributed by atoms with van der Waals surface area (Å²) in [6.07, 6.45) is 1.16. The third-order valence-corrected chi connectivity index (χ3v) is 6.10. The van der Waals surface area contributed by atoms with Gasteiger partial charge in [-0.05, 0) is 49.2 Å². The van der Waals surface area contributed by atoms with Crippen LogP contribution in [0.25, 0.3) is 0 Å². The van der Waals surface area contributed by atoms with Crippen molar-refractivity contribution in [3.63, 3.8) is 0 Å². The number of nitrogens with one attached hydrogen (secondary N) is 1. The van der Waals surface area contributed by atoms with Crippen LogP contribution in [0, 0.1) is 6.92 Å². The zero-order valence-electron chi connectivity index (χ0n) is 15.5. The first-order chi connectivity index (χ1) is 12.4. The van der Waals surface area contributed by atoms with Crippen molar-refractivity contribution in [3.05, 3.63) is 53.6 Å². The number of hydrogen-bond acceptors (Lipinski definition) is 4. The van der Waals surface area contributed by atoms with E-state index in [1.165, 1.54) is 0 Å². The summed E-state index contributed by atoms with van der Waals surface area (Å²) in [6.45, 7) is 7.23. The molecule has 0 amide bonds. The van der Waals surface area contributed by atoms with E-state index in [1.54, 1.807) is 31.4 Å². The Morgan fingerprint density at radius 2 is 1.96 bits per heavy atom. The molecule has 1 aliphatic heterocycles. The first-order valence-corrected chi connectivity index (χ1v) is 10.4. The second-order valence-electron chi connectivity index (χ2n) is 6.84. The quantitative estimate of drug-likeness (QED) is 0.804. The van der Waals surface area contributed by atoms with E-state index in [9.17, 15) is 8.42 Å². The van der Waals surface area contributed by atoms with Gasteiger partial charge in [0.1, 0.15) is 5.75 Å². The van der Waals surface area contributed by atoms with Gasteiger partial charge >= 0.3 is 0 Å². The van der Waals surface area contributed by atoms with Gasteiger partial charge in [-0.15, -0.1) is 0 Å². The second kappa shape index (κ2) is 7.68. The molecule has 3 rings (SSSR count). The highest BCUT2D eigenvalue weighted by Crippen LogP contribution is 2.35. The van der Waals surface area contributed by atoms with Crippen LogP contribution in [0.5, 0.6) is 5.75 Å². The maximum atomic E-state index is 12.6. The van der Waals surface area contributed by atoms with Gasteiger partial charge < -0.3 is 9.64 Å². The van der Waals surface area contributed by atoms with Crippen LogP contribution in [-0.4, -0.2) is 40.1 Å². The molecule has 0 unspecified atom stereocenters. The van der Waals surface area contributed by atoms with Crippen molar-refractivity contribution in [1.82, 2.24) is 4.90 Å². The van der Waals surface area contributed by atoms with E-state index in [-0.39, 0.29) is 4.90 Å². The monoisotopic (exact) mass is 374 g/mol. The van der Waals surface area contributed by atoms with Gasteiger partial charge in [-0.2, -0.15) is 0 Å². The first kappa shape index (κ1) is 18.7. The topological polar surface area (TPSA) is 58.6 Å². The molecule has 0 radical (unpaired) electrons. The molecule has 2 aromatic rings. The van der Waals surface area contributed by atoms with E-state index in [1.807, 2.05) is 25.1 Å². The lowest BCUT2D eigenvalue weighted by Gasteiger charge is -2.40. The lowest BCUT2D eigenvalue weighted by atomic mass is 9.90. The number of likely N-dealkylation sites (tertiary alicyclic amines) is 1. The minimum atomic E-state index is -3.62. The third kappa shape index (κ3) is 4.02. The Kier molecular flexibility index (Phi) is 5.53. The fraction of sp³-hybridized carbons (Fsp3) is 0.400. The molecule has 26 heavy (non-hydrogen) atoms. The third-order valence-electron chi connectivity index (χ3n) is 4.72. The number of rotatable bonds is 7. The Balaban J connectivity index is 1.77. The molecule has 1 aliphatic rings. The fourth-order valence-corrected chi connectivity index (χ4v) is 4.53. The van der Waals surface area contributed by atoms with Crippen molar-refractivity contribution in [1.29, 1.82) is 0 Å². The van der Waals surface area contributed by atoms with Crippen molar-refractivity contribution in [3.8, 4) is 5.75 Å². The highest BCUT2D eigenvalue weighted by atomic mass is 32.2. The Morgan fingerprint density at radius 1 is 1.19 bits per heavy atom. The fourth-order valence-electron chi connectivity index (χ4n) is 3.37. The van der Waals surface area contributed by atoms with Crippen LogP contribution < -0.4 is 9.46 Å². The summed E-state index contributed by atoms with van der Waals surface area (Å²) in [5.41, 5.74) is 2.55. The molecule has 1 heterocycles. The molecule has 5 nitrogen and oxygen atoms in total. The van der Waals surface area contributed by atoms with E-state index in [0.717, 1.165) is 42.9 Å². The van der Waals surface area contributed by atoms with Gasteiger partial charge in [-0.25, -0.2) is 8.42 Å². The van der Waals surface area contributed by atoms with Gasteiger partial charge in [0.05, 0.1) is 17.7 Å². The molecule has 2 aromatic carbocycles. The number of methoxy groups -OCH3 is 1. The van der Waals surface area contributed by atoms with Crippen molar-refractivity contribution in [2.45, 2.75) is 31.1 Å². The SMILES string of the molecule is CCCN1CC(c2ccc(NS(=O)(=O)c3cccc(C)c3)cc2OC)C1. The molecule has 1 saturated heterocycles. The average Bonchev–Trinajstić information content (AvgIpc) is 2.58. The van der Waals surface area contributed by atoms with E-state index >= 15 is 0 Å². The maximum Gasteiger partial charge on any atom is 0.261 e. The van der Waals surface area contributed by atoms with Crippen LogP contribution in [0.1, 0.15) is 30.4 Å². The van der Waals surface area contributed by atoms with Gasteiger partial charge in [0.2, 0.25) is 0 Å². The van der Waals surface area contributed by atoms with Gasteiger partial charge in [0.15, 0.2) is 0 Å². The molecular weight excluding hydrogens is 348 g/mol. The van der Waals surface area contributed by atoms with E-state index in [4.69, 9.17) is 4.74 Å². The van der Waals surface area contributed by atoms with Gasteiger partial charge in [-0.1, -0.05) is 25.1 Å². The number of anilines is 1. The van der Waals surface area contributed by atoms with Gasteiger partial charge in [0, 0.05) is 25.1 Å². The predicted molar refractivity (Wildman–Crippen MR) is 104 cm³/mol. The van der Waals surface area contributed by atoms with Crippen molar-refractivity contribution in [2.75, 3.05) is 31.5 Å². The lowest BCUT2D eigenvalue weighted by molar-refractivity contribution is 0.147. The summed E-state index contributed by atoms with van der Waals surface area (Å²) in [6, 6.07) is 12.4. The highest BCUT2D eigenvalue weighted by Gasteiger charge is 2.29. The van der Waals surface area contributed by atoms with Crippen LogP contribution in [0.15, 0.2) is 47.4 Å². The molecule has 0 aliphatic carbocycles. The van der Waals surface area contributed by atoms with Crippen LogP contribution in [0.2, 0.25) is 0 Å². The summed E-state index contributed by atoms with van der Waals surface area (Å²) < 4.78 is 33.4. The van der Waals surface area contributed by atoms with Crippen molar-refractivity contribution >= 4 is 15.7 Å². The van der Waals surface area contributed by atoms with Crippen molar-refractivity contribution < 1.29 is 13.2 Å². The number of sulfonamides is 1. The zero-order chi connectivity index (χ0) is 18.7. The molecule has 0 spiro atoms. The Hall–Kier alpha value is -2.05. The summed E-state index contributed by atoms with van der Waals surface area (Å²) in [5, 5.41) is 0. The van der Waals surface area contributed by atoms with Crippen molar-refractivity contribution in [2.24, 2.45) is 0 Å². The molecule has 0 bridgehead atoms. The van der Waals surface area contributed by atoms with Gasteiger partial charge in [0.25, 0.3) is 10.0 Å². The molecule has 6 heteroatoms. The van der Waals surface area contributed by atoms with E-state index < -0.39 is 10.0 Å².